The van der Waals surface area contributed by atoms with E-state index >= 15 is 0 Å². The number of ether oxygens (including phenoxy) is 1. The Balaban J connectivity index is 2.06. The van der Waals surface area contributed by atoms with Gasteiger partial charge >= 0.3 is 0 Å². The molecule has 0 unspecified atom stereocenters. The number of nitrogens with one attached hydrogen (secondary N) is 1. The third kappa shape index (κ3) is 3.04. The molecular formula is C12H13N3O2S. The van der Waals surface area contributed by atoms with Crippen molar-refractivity contribution < 1.29 is 9.94 Å². The number of hydrogen-bond donors (Lipinski definition) is 2. The van der Waals surface area contributed by atoms with Crippen LogP contribution in [0.4, 0.5) is 0 Å². The first-order chi connectivity index (χ1) is 8.69. The van der Waals surface area contributed by atoms with Gasteiger partial charge in [-0.1, -0.05) is 28.7 Å². The van der Waals surface area contributed by atoms with Crippen LogP contribution in [0.3, 0.4) is 0 Å². The Bertz CT molecular complexity index is 598. The van der Waals surface area contributed by atoms with Gasteiger partial charge in [0.15, 0.2) is 5.49 Å². The SMILES string of the molecule is COc1cccc(CSc2ccc(=N)n(O)n2)c1. The van der Waals surface area contributed by atoms with Crippen LogP contribution >= 0.6 is 11.8 Å². The van der Waals surface area contributed by atoms with Crippen molar-refractivity contribution in [1.29, 1.82) is 5.41 Å². The standard InChI is InChI=1S/C12H13N3O2S/c1-17-10-4-2-3-9(7-10)8-18-12-6-5-11(13)15(16)14-12/h2-7,13,16H,8H2,1H3. The maximum Gasteiger partial charge on any atom is 0.182 e. The Kier molecular flexibility index (Phi) is 3.88. The van der Waals surface area contributed by atoms with Crippen molar-refractivity contribution in [2.24, 2.45) is 0 Å². The number of benzene rings is 1. The highest BCUT2D eigenvalue weighted by molar-refractivity contribution is 7.98. The fraction of sp³-hybridized carbons (Fsp3) is 0.167. The predicted molar refractivity (Wildman–Crippen MR) is 67.8 cm³/mol. The molecule has 2 rings (SSSR count). The largest absolute Gasteiger partial charge is 0.497 e. The van der Waals surface area contributed by atoms with Crippen LogP contribution in [0, 0.1) is 5.41 Å². The van der Waals surface area contributed by atoms with Crippen molar-refractivity contribution in [3.63, 3.8) is 0 Å². The Morgan fingerprint density at radius 2 is 2.22 bits per heavy atom. The molecular weight excluding hydrogens is 250 g/mol. The van der Waals surface area contributed by atoms with Crippen LogP contribution < -0.4 is 10.2 Å². The number of thioether (sulfide) groups is 1. The van der Waals surface area contributed by atoms with Crippen molar-refractivity contribution in [3.05, 3.63) is 47.4 Å². The van der Waals surface area contributed by atoms with Crippen LogP contribution in [0.15, 0.2) is 41.4 Å². The van der Waals surface area contributed by atoms with Gasteiger partial charge in [-0.3, -0.25) is 5.41 Å². The molecule has 1 aromatic heterocycles. The number of rotatable bonds is 4. The third-order valence-corrected chi connectivity index (χ3v) is 3.30. The van der Waals surface area contributed by atoms with Crippen molar-refractivity contribution in [2.75, 3.05) is 7.11 Å². The number of nitrogens with zero attached hydrogens (tertiary/aromatic N) is 2. The molecule has 0 saturated heterocycles. The van der Waals surface area contributed by atoms with E-state index in [1.807, 2.05) is 24.3 Å². The molecule has 0 fully saturated rings. The van der Waals surface area contributed by atoms with Crippen LogP contribution in [0.25, 0.3) is 0 Å². The van der Waals surface area contributed by atoms with E-state index in [0.717, 1.165) is 17.1 Å². The normalized spacial score (nSPS) is 10.3. The minimum atomic E-state index is -0.0410. The molecule has 0 aliphatic heterocycles. The van der Waals surface area contributed by atoms with Crippen LogP contribution in [-0.2, 0) is 5.75 Å². The fourth-order valence-corrected chi connectivity index (χ4v) is 2.19. The minimum Gasteiger partial charge on any atom is -0.497 e. The predicted octanol–water partition coefficient (Wildman–Crippen LogP) is 1.90. The van der Waals surface area contributed by atoms with Crippen molar-refractivity contribution in [1.82, 2.24) is 9.94 Å². The van der Waals surface area contributed by atoms with E-state index in [1.54, 1.807) is 13.2 Å². The molecule has 1 aromatic carbocycles. The molecule has 2 aromatic rings. The molecule has 0 amide bonds. The molecule has 18 heavy (non-hydrogen) atoms. The number of methoxy groups -OCH3 is 1. The van der Waals surface area contributed by atoms with Gasteiger partial charge in [0.05, 0.1) is 7.11 Å². The summed E-state index contributed by atoms with van der Waals surface area (Å²) in [6.07, 6.45) is 0. The van der Waals surface area contributed by atoms with Gasteiger partial charge in [-0.25, -0.2) is 0 Å². The molecule has 0 radical (unpaired) electrons. The van der Waals surface area contributed by atoms with Crippen molar-refractivity contribution >= 4 is 11.8 Å². The molecule has 2 N–H and O–H groups in total. The summed E-state index contributed by atoms with van der Waals surface area (Å²) < 4.78 is 5.15. The molecule has 0 aliphatic carbocycles. The lowest BCUT2D eigenvalue weighted by Gasteiger charge is -2.04. The van der Waals surface area contributed by atoms with E-state index in [2.05, 4.69) is 5.10 Å². The van der Waals surface area contributed by atoms with Gasteiger partial charge < -0.3 is 9.94 Å². The third-order valence-electron chi connectivity index (χ3n) is 2.31. The zero-order valence-corrected chi connectivity index (χ0v) is 10.6. The van der Waals surface area contributed by atoms with Crippen LogP contribution in [-0.4, -0.2) is 22.3 Å². The Hall–Kier alpha value is -1.95. The van der Waals surface area contributed by atoms with Gasteiger partial charge in [0, 0.05) is 5.75 Å². The van der Waals surface area contributed by atoms with E-state index < -0.39 is 0 Å². The van der Waals surface area contributed by atoms with Crippen molar-refractivity contribution in [2.45, 2.75) is 10.8 Å². The second kappa shape index (κ2) is 5.59. The lowest BCUT2D eigenvalue weighted by atomic mass is 10.2. The highest BCUT2D eigenvalue weighted by atomic mass is 32.2. The van der Waals surface area contributed by atoms with Gasteiger partial charge in [0.1, 0.15) is 10.8 Å². The molecule has 1 heterocycles. The fourth-order valence-electron chi connectivity index (χ4n) is 1.39. The topological polar surface area (TPSA) is 71.1 Å². The first kappa shape index (κ1) is 12.5. The molecule has 94 valence electrons. The highest BCUT2D eigenvalue weighted by Gasteiger charge is 2.01. The van der Waals surface area contributed by atoms with E-state index in [-0.39, 0.29) is 5.49 Å². The summed E-state index contributed by atoms with van der Waals surface area (Å²) in [6, 6.07) is 11.0. The van der Waals surface area contributed by atoms with E-state index in [1.165, 1.54) is 17.8 Å². The summed E-state index contributed by atoms with van der Waals surface area (Å²) in [5, 5.41) is 21.1. The summed E-state index contributed by atoms with van der Waals surface area (Å²) in [7, 11) is 1.63. The maximum absolute atomic E-state index is 9.26. The minimum absolute atomic E-state index is 0.0410. The molecule has 5 nitrogen and oxygen atoms in total. The average molecular weight is 263 g/mol. The van der Waals surface area contributed by atoms with Gasteiger partial charge in [0.25, 0.3) is 0 Å². The van der Waals surface area contributed by atoms with Crippen molar-refractivity contribution in [3.8, 4) is 5.75 Å². The van der Waals surface area contributed by atoms with Gasteiger partial charge in [-0.15, -0.1) is 5.10 Å². The number of hydrogen-bond acceptors (Lipinski definition) is 5. The van der Waals surface area contributed by atoms with Gasteiger partial charge in [-0.2, -0.15) is 0 Å². The molecule has 0 atom stereocenters. The van der Waals surface area contributed by atoms with Crippen LogP contribution in [0.5, 0.6) is 5.75 Å². The zero-order chi connectivity index (χ0) is 13.0. The quantitative estimate of drug-likeness (QED) is 0.653. The first-order valence-electron chi connectivity index (χ1n) is 5.29. The molecule has 0 spiro atoms. The lowest BCUT2D eigenvalue weighted by Crippen LogP contribution is -2.19. The molecule has 0 saturated carbocycles. The maximum atomic E-state index is 9.26. The Morgan fingerprint density at radius 3 is 2.94 bits per heavy atom. The Labute approximate surface area is 109 Å². The van der Waals surface area contributed by atoms with Crippen LogP contribution in [0.2, 0.25) is 0 Å². The highest BCUT2D eigenvalue weighted by Crippen LogP contribution is 2.22. The molecule has 0 bridgehead atoms. The van der Waals surface area contributed by atoms with Gasteiger partial charge in [-0.05, 0) is 29.8 Å². The second-order valence-electron chi connectivity index (χ2n) is 3.59. The monoisotopic (exact) mass is 263 g/mol. The zero-order valence-electron chi connectivity index (χ0n) is 9.83. The summed E-state index contributed by atoms with van der Waals surface area (Å²) in [5.74, 6) is 1.54. The smallest absolute Gasteiger partial charge is 0.182 e. The summed E-state index contributed by atoms with van der Waals surface area (Å²) >= 11 is 1.48. The summed E-state index contributed by atoms with van der Waals surface area (Å²) in [5.41, 5.74) is 1.07. The summed E-state index contributed by atoms with van der Waals surface area (Å²) in [6.45, 7) is 0. The van der Waals surface area contributed by atoms with Crippen LogP contribution in [0.1, 0.15) is 5.56 Å². The summed E-state index contributed by atoms with van der Waals surface area (Å²) in [4.78, 5) is 0.563. The van der Waals surface area contributed by atoms with E-state index in [4.69, 9.17) is 10.1 Å². The van der Waals surface area contributed by atoms with E-state index in [0.29, 0.717) is 9.87 Å². The second-order valence-corrected chi connectivity index (χ2v) is 4.58. The Morgan fingerprint density at radius 1 is 1.39 bits per heavy atom. The average Bonchev–Trinajstić information content (AvgIpc) is 2.40. The molecule has 6 heteroatoms. The number of aromatic nitrogens is 2. The first-order valence-corrected chi connectivity index (χ1v) is 6.27. The lowest BCUT2D eigenvalue weighted by molar-refractivity contribution is 0.124. The van der Waals surface area contributed by atoms with Gasteiger partial charge in [0.2, 0.25) is 0 Å². The van der Waals surface area contributed by atoms with E-state index in [9.17, 15) is 5.21 Å². The molecule has 0 aliphatic rings.